The molecule has 0 spiro atoms. The molecule has 0 saturated heterocycles. The van der Waals surface area contributed by atoms with E-state index in [-0.39, 0.29) is 11.4 Å². The number of halogens is 3. The zero-order valence-corrected chi connectivity index (χ0v) is 15.7. The molecule has 0 aliphatic carbocycles. The monoisotopic (exact) mass is 427 g/mol. The van der Waals surface area contributed by atoms with Gasteiger partial charge >= 0.3 is 0 Å². The molecule has 2 rings (SSSR count). The number of hydrogen-bond donors (Lipinski definition) is 0. The summed E-state index contributed by atoms with van der Waals surface area (Å²) in [5.74, 6) is 0.291. The lowest BCUT2D eigenvalue weighted by molar-refractivity contribution is 0.466. The van der Waals surface area contributed by atoms with Crippen LogP contribution in [0.15, 0.2) is 39.0 Å². The molecule has 1 aromatic carbocycles. The highest BCUT2D eigenvalue weighted by molar-refractivity contribution is 9.11. The first kappa shape index (κ1) is 17.2. The molecular formula is C13H12BrCl2NO2S2. The third-order valence-electron chi connectivity index (χ3n) is 2.84. The second-order valence-corrected chi connectivity index (χ2v) is 9.54. The van der Waals surface area contributed by atoms with Crippen LogP contribution in [-0.2, 0) is 22.4 Å². The zero-order chi connectivity index (χ0) is 15.6. The van der Waals surface area contributed by atoms with Crippen molar-refractivity contribution in [1.82, 2.24) is 4.31 Å². The van der Waals surface area contributed by atoms with Crippen LogP contribution in [0.3, 0.4) is 0 Å². The molecule has 21 heavy (non-hydrogen) atoms. The lowest BCUT2D eigenvalue weighted by Gasteiger charge is -2.16. The molecule has 0 bridgehead atoms. The molecule has 1 heterocycles. The Hall–Kier alpha value is -0.110. The van der Waals surface area contributed by atoms with Crippen molar-refractivity contribution in [2.24, 2.45) is 0 Å². The predicted octanol–water partition coefficient (Wildman–Crippen LogP) is 4.72. The highest BCUT2D eigenvalue weighted by atomic mass is 79.9. The fourth-order valence-electron chi connectivity index (χ4n) is 1.74. The Kier molecular flexibility index (Phi) is 5.73. The van der Waals surface area contributed by atoms with Crippen molar-refractivity contribution in [3.8, 4) is 0 Å². The lowest BCUT2D eigenvalue weighted by Crippen LogP contribution is -2.26. The first-order valence-corrected chi connectivity index (χ1v) is 9.85. The number of thiophene rings is 1. The number of benzene rings is 1. The van der Waals surface area contributed by atoms with Gasteiger partial charge in [0.1, 0.15) is 4.90 Å². The summed E-state index contributed by atoms with van der Waals surface area (Å²) in [5, 5.41) is 0.622. The maximum Gasteiger partial charge on any atom is 0.245 e. The number of nitrogens with zero attached hydrogens (tertiary/aromatic N) is 1. The van der Waals surface area contributed by atoms with E-state index in [9.17, 15) is 8.42 Å². The van der Waals surface area contributed by atoms with Gasteiger partial charge in [-0.2, -0.15) is 4.31 Å². The molecule has 0 aliphatic heterocycles. The fraction of sp³-hybridized carbons (Fsp3) is 0.231. The third kappa shape index (κ3) is 4.00. The first-order valence-electron chi connectivity index (χ1n) is 5.89. The van der Waals surface area contributed by atoms with Gasteiger partial charge in [-0.25, -0.2) is 8.42 Å². The SMILES string of the molecule is CN(Cc1ccc(Cl)cc1)S(=O)(=O)c1cc(CCl)sc1Br. The smallest absolute Gasteiger partial charge is 0.207 e. The molecule has 0 saturated carbocycles. The van der Waals surface area contributed by atoms with Crippen LogP contribution < -0.4 is 0 Å². The number of hydrogen-bond acceptors (Lipinski definition) is 3. The van der Waals surface area contributed by atoms with Crippen molar-refractivity contribution in [3.05, 3.63) is 49.6 Å². The van der Waals surface area contributed by atoms with Crippen molar-refractivity contribution in [3.63, 3.8) is 0 Å². The van der Waals surface area contributed by atoms with Crippen LogP contribution >= 0.6 is 50.5 Å². The molecule has 0 amide bonds. The second-order valence-electron chi connectivity index (χ2n) is 4.37. The molecule has 2 aromatic rings. The maximum atomic E-state index is 12.6. The quantitative estimate of drug-likeness (QED) is 0.645. The first-order chi connectivity index (χ1) is 9.84. The number of alkyl halides is 1. The van der Waals surface area contributed by atoms with Crippen LogP contribution in [0, 0.1) is 0 Å². The molecule has 0 unspecified atom stereocenters. The van der Waals surface area contributed by atoms with E-state index in [2.05, 4.69) is 15.9 Å². The summed E-state index contributed by atoms with van der Waals surface area (Å²) in [5.41, 5.74) is 0.870. The average Bonchev–Trinajstić information content (AvgIpc) is 2.83. The molecule has 0 fully saturated rings. The summed E-state index contributed by atoms with van der Waals surface area (Å²) in [6.07, 6.45) is 0. The Bertz CT molecular complexity index is 729. The van der Waals surface area contributed by atoms with E-state index in [1.165, 1.54) is 15.6 Å². The van der Waals surface area contributed by atoms with E-state index in [0.29, 0.717) is 14.7 Å². The summed E-state index contributed by atoms with van der Waals surface area (Å²) < 4.78 is 27.1. The minimum atomic E-state index is -3.56. The highest BCUT2D eigenvalue weighted by Crippen LogP contribution is 2.34. The van der Waals surface area contributed by atoms with E-state index in [4.69, 9.17) is 23.2 Å². The summed E-state index contributed by atoms with van der Waals surface area (Å²) in [4.78, 5) is 1.06. The zero-order valence-electron chi connectivity index (χ0n) is 11.0. The summed E-state index contributed by atoms with van der Waals surface area (Å²) >= 11 is 16.2. The van der Waals surface area contributed by atoms with Crippen molar-refractivity contribution >= 4 is 60.5 Å². The van der Waals surface area contributed by atoms with E-state index in [0.717, 1.165) is 10.4 Å². The predicted molar refractivity (Wildman–Crippen MR) is 91.7 cm³/mol. The van der Waals surface area contributed by atoms with E-state index >= 15 is 0 Å². The average molecular weight is 429 g/mol. The van der Waals surface area contributed by atoms with Crippen LogP contribution in [0.4, 0.5) is 0 Å². The summed E-state index contributed by atoms with van der Waals surface area (Å²) in [6, 6.07) is 8.70. The molecule has 8 heteroatoms. The van der Waals surface area contributed by atoms with Gasteiger partial charge in [-0.15, -0.1) is 22.9 Å². The van der Waals surface area contributed by atoms with Crippen LogP contribution in [0.25, 0.3) is 0 Å². The lowest BCUT2D eigenvalue weighted by atomic mass is 10.2. The van der Waals surface area contributed by atoms with Crippen molar-refractivity contribution < 1.29 is 8.42 Å². The van der Waals surface area contributed by atoms with Crippen molar-refractivity contribution in [1.29, 1.82) is 0 Å². The molecule has 0 atom stereocenters. The van der Waals surface area contributed by atoms with Crippen LogP contribution in [0.2, 0.25) is 5.02 Å². The third-order valence-corrected chi connectivity index (χ3v) is 7.60. The van der Waals surface area contributed by atoms with Crippen LogP contribution in [-0.4, -0.2) is 19.8 Å². The van der Waals surface area contributed by atoms with Gasteiger partial charge in [-0.05, 0) is 39.7 Å². The van der Waals surface area contributed by atoms with Gasteiger partial charge in [0.2, 0.25) is 10.0 Å². The van der Waals surface area contributed by atoms with Crippen LogP contribution in [0.5, 0.6) is 0 Å². The molecule has 0 N–H and O–H groups in total. The summed E-state index contributed by atoms with van der Waals surface area (Å²) in [6.45, 7) is 0.276. The van der Waals surface area contributed by atoms with Gasteiger partial charge in [0.25, 0.3) is 0 Å². The van der Waals surface area contributed by atoms with Gasteiger partial charge in [0, 0.05) is 23.5 Å². The van der Waals surface area contributed by atoms with E-state index in [1.54, 1.807) is 37.4 Å². The largest absolute Gasteiger partial charge is 0.245 e. The fourth-order valence-corrected chi connectivity index (χ4v) is 5.74. The minimum absolute atomic E-state index is 0.250. The van der Waals surface area contributed by atoms with Gasteiger partial charge in [-0.1, -0.05) is 23.7 Å². The standard InChI is InChI=1S/C13H12BrCl2NO2S2/c1-17(8-9-2-4-10(16)5-3-9)21(18,19)12-6-11(7-15)20-13(12)14/h2-6H,7-8H2,1H3. The maximum absolute atomic E-state index is 12.6. The number of sulfonamides is 1. The van der Waals surface area contributed by atoms with Gasteiger partial charge in [0.05, 0.1) is 9.67 Å². The van der Waals surface area contributed by atoms with E-state index in [1.807, 2.05) is 0 Å². The van der Waals surface area contributed by atoms with Crippen molar-refractivity contribution in [2.75, 3.05) is 7.05 Å². The Morgan fingerprint density at radius 3 is 2.43 bits per heavy atom. The van der Waals surface area contributed by atoms with E-state index < -0.39 is 10.0 Å². The molecule has 0 aliphatic rings. The topological polar surface area (TPSA) is 37.4 Å². The molecule has 1 aromatic heterocycles. The number of rotatable bonds is 5. The normalized spacial score (nSPS) is 12.0. The van der Waals surface area contributed by atoms with Crippen molar-refractivity contribution in [2.45, 2.75) is 17.3 Å². The van der Waals surface area contributed by atoms with Gasteiger partial charge in [-0.3, -0.25) is 0 Å². The minimum Gasteiger partial charge on any atom is -0.207 e. The highest BCUT2D eigenvalue weighted by Gasteiger charge is 2.25. The molecular weight excluding hydrogens is 417 g/mol. The molecule has 114 valence electrons. The molecule has 3 nitrogen and oxygen atoms in total. The Balaban J connectivity index is 2.25. The second kappa shape index (κ2) is 6.98. The van der Waals surface area contributed by atoms with Gasteiger partial charge in [0.15, 0.2) is 0 Å². The van der Waals surface area contributed by atoms with Gasteiger partial charge < -0.3 is 0 Å². The Labute approximate surface area is 146 Å². The van der Waals surface area contributed by atoms with Crippen LogP contribution in [0.1, 0.15) is 10.4 Å². The Morgan fingerprint density at radius 1 is 1.29 bits per heavy atom. The Morgan fingerprint density at radius 2 is 1.90 bits per heavy atom. The molecule has 0 radical (unpaired) electrons. The summed E-state index contributed by atoms with van der Waals surface area (Å²) in [7, 11) is -2.01.